The molecule has 6 bridgehead atoms. The van der Waals surface area contributed by atoms with Crippen molar-refractivity contribution in [3.8, 4) is 0 Å². The number of hydrogen-bond acceptors (Lipinski definition) is 14. The molecule has 0 aromatic rings. The number of fused-ring (bicyclic) bond motifs is 6. The van der Waals surface area contributed by atoms with Gasteiger partial charge in [-0.15, -0.1) is 0 Å². The second kappa shape index (κ2) is 23.0. The molecule has 0 radical (unpaired) electrons. The third-order valence-electron chi connectivity index (χ3n) is 11.3. The Morgan fingerprint density at radius 3 is 2.36 bits per heavy atom. The summed E-state index contributed by atoms with van der Waals surface area (Å²) in [5.74, 6) is -3.75. The van der Waals surface area contributed by atoms with Crippen LogP contribution in [0.1, 0.15) is 124 Å². The molecular formula is C44H68O14. The Kier molecular flexibility index (Phi) is 18.9. The Hall–Kier alpha value is -3.11. The molecular weight excluding hydrogens is 752 g/mol. The fraction of sp³-hybridized carbons (Fsp3) is 0.750. The molecule has 3 N–H and O–H groups in total. The van der Waals surface area contributed by atoms with Crippen LogP contribution in [0.15, 0.2) is 48.8 Å². The van der Waals surface area contributed by atoms with Crippen LogP contribution in [0.2, 0.25) is 0 Å². The minimum Gasteiger partial charge on any atom is -0.493 e. The second-order valence-corrected chi connectivity index (χ2v) is 16.6. The Morgan fingerprint density at radius 2 is 1.66 bits per heavy atom. The zero-order chi connectivity index (χ0) is 42.3. The summed E-state index contributed by atoms with van der Waals surface area (Å²) in [6.07, 6.45) is 8.28. The molecule has 4 rings (SSSR count). The van der Waals surface area contributed by atoms with Gasteiger partial charge in [-0.05, 0) is 50.2 Å². The molecule has 0 spiro atoms. The lowest BCUT2D eigenvalue weighted by Gasteiger charge is -2.51. The van der Waals surface area contributed by atoms with E-state index in [0.717, 1.165) is 44.9 Å². The normalized spacial score (nSPS) is 34.5. The van der Waals surface area contributed by atoms with Gasteiger partial charge in [-0.3, -0.25) is 9.59 Å². The quantitative estimate of drug-likeness (QED) is 0.0666. The molecule has 0 amide bonds. The van der Waals surface area contributed by atoms with Crippen LogP contribution in [0.3, 0.4) is 0 Å². The predicted molar refractivity (Wildman–Crippen MR) is 213 cm³/mol. The van der Waals surface area contributed by atoms with Gasteiger partial charge in [0.15, 0.2) is 12.4 Å². The van der Waals surface area contributed by atoms with E-state index in [0.29, 0.717) is 25.7 Å². The third kappa shape index (κ3) is 14.3. The van der Waals surface area contributed by atoms with E-state index in [1.54, 1.807) is 26.0 Å². The molecule has 328 valence electrons. The summed E-state index contributed by atoms with van der Waals surface area (Å²) in [4.78, 5) is 39.0. The number of esters is 3. The second-order valence-electron chi connectivity index (χ2n) is 16.6. The number of methoxy groups -OCH3 is 1. The highest BCUT2D eigenvalue weighted by atomic mass is 16.7. The maximum absolute atomic E-state index is 13.4. The number of aliphatic hydroxyl groups is 3. The van der Waals surface area contributed by atoms with E-state index in [1.807, 2.05) is 0 Å². The van der Waals surface area contributed by atoms with Crippen molar-refractivity contribution in [3.63, 3.8) is 0 Å². The van der Waals surface area contributed by atoms with Crippen LogP contribution in [-0.4, -0.2) is 114 Å². The van der Waals surface area contributed by atoms with Gasteiger partial charge >= 0.3 is 17.9 Å². The molecule has 3 saturated heterocycles. The molecule has 10 atom stereocenters. The van der Waals surface area contributed by atoms with E-state index >= 15 is 0 Å². The summed E-state index contributed by atoms with van der Waals surface area (Å²) >= 11 is 0. The lowest BCUT2D eigenvalue weighted by molar-refractivity contribution is -0.327. The SMILES string of the molecule is C=CCOC(=O)CC1C[C@H]2C[C@H]3CCC[C@@H](C[C@@H](O)CC(=C)O[C@@H](CO)C[C@@H]4C/C(=C\C(=O)OC)[C@H](OC(=O)CCCCCCC)[C@@](O)(O4)C(C)(C)/C=C/[C@@H](O1)O2)O3. The van der Waals surface area contributed by atoms with Crippen LogP contribution in [0.25, 0.3) is 0 Å². The number of unbranched alkanes of at least 4 members (excludes halogenated alkanes) is 4. The van der Waals surface area contributed by atoms with Crippen LogP contribution < -0.4 is 0 Å². The first-order valence-electron chi connectivity index (χ1n) is 21.1. The zero-order valence-corrected chi connectivity index (χ0v) is 35.0. The van der Waals surface area contributed by atoms with Crippen LogP contribution in [-0.2, 0) is 52.3 Å². The van der Waals surface area contributed by atoms with Crippen LogP contribution in [0, 0.1) is 5.41 Å². The van der Waals surface area contributed by atoms with Gasteiger partial charge in [0.1, 0.15) is 12.7 Å². The van der Waals surface area contributed by atoms with Crippen molar-refractivity contribution in [3.05, 3.63) is 48.8 Å². The van der Waals surface area contributed by atoms with Gasteiger partial charge in [-0.2, -0.15) is 0 Å². The van der Waals surface area contributed by atoms with E-state index in [4.69, 9.17) is 37.9 Å². The maximum Gasteiger partial charge on any atom is 0.330 e. The molecule has 0 aliphatic carbocycles. The summed E-state index contributed by atoms with van der Waals surface area (Å²) < 4.78 is 48.1. The highest BCUT2D eigenvalue weighted by molar-refractivity contribution is 5.83. The van der Waals surface area contributed by atoms with Crippen molar-refractivity contribution in [1.82, 2.24) is 0 Å². The molecule has 0 saturated carbocycles. The number of carbonyl (C=O) groups excluding carboxylic acids is 3. The highest BCUT2D eigenvalue weighted by Crippen LogP contribution is 2.47. The predicted octanol–water partition coefficient (Wildman–Crippen LogP) is 5.80. The fourth-order valence-electron chi connectivity index (χ4n) is 8.20. The van der Waals surface area contributed by atoms with Gasteiger partial charge < -0.3 is 53.2 Å². The molecule has 14 nitrogen and oxygen atoms in total. The summed E-state index contributed by atoms with van der Waals surface area (Å²) in [7, 11) is 1.23. The Balaban J connectivity index is 1.74. The van der Waals surface area contributed by atoms with E-state index in [9.17, 15) is 29.7 Å². The number of rotatable bonds is 13. The summed E-state index contributed by atoms with van der Waals surface area (Å²) in [5, 5.41) is 34.4. The van der Waals surface area contributed by atoms with E-state index in [2.05, 4.69) is 20.1 Å². The number of hydrogen-bond donors (Lipinski definition) is 3. The monoisotopic (exact) mass is 820 g/mol. The fourth-order valence-corrected chi connectivity index (χ4v) is 8.20. The van der Waals surface area contributed by atoms with Gasteiger partial charge in [0, 0.05) is 43.6 Å². The van der Waals surface area contributed by atoms with Crippen LogP contribution in [0.4, 0.5) is 0 Å². The van der Waals surface area contributed by atoms with Gasteiger partial charge in [0.05, 0.1) is 62.5 Å². The molecule has 58 heavy (non-hydrogen) atoms. The first kappa shape index (κ1) is 47.6. The van der Waals surface area contributed by atoms with E-state index < -0.39 is 72.5 Å². The van der Waals surface area contributed by atoms with E-state index in [1.165, 1.54) is 19.3 Å². The van der Waals surface area contributed by atoms with Crippen LogP contribution in [0.5, 0.6) is 0 Å². The van der Waals surface area contributed by atoms with Gasteiger partial charge in [0.2, 0.25) is 5.79 Å². The number of aliphatic hydroxyl groups excluding tert-OH is 2. The molecule has 4 heterocycles. The average molecular weight is 821 g/mol. The Labute approximate surface area is 343 Å². The molecule has 3 fully saturated rings. The summed E-state index contributed by atoms with van der Waals surface area (Å²) in [6, 6.07) is 0. The Bertz CT molecular complexity index is 1420. The highest BCUT2D eigenvalue weighted by Gasteiger charge is 2.57. The average Bonchev–Trinajstić information content (AvgIpc) is 3.16. The minimum atomic E-state index is -2.29. The van der Waals surface area contributed by atoms with Gasteiger partial charge in [-0.25, -0.2) is 4.79 Å². The number of ether oxygens (including phenoxy) is 8. The molecule has 14 heteroatoms. The first-order valence-corrected chi connectivity index (χ1v) is 21.1. The van der Waals surface area contributed by atoms with Crippen LogP contribution >= 0.6 is 0 Å². The molecule has 0 aromatic carbocycles. The summed E-state index contributed by atoms with van der Waals surface area (Å²) in [5.41, 5.74) is -1.11. The van der Waals surface area contributed by atoms with Crippen molar-refractivity contribution in [1.29, 1.82) is 0 Å². The van der Waals surface area contributed by atoms with Crippen molar-refractivity contribution in [2.24, 2.45) is 5.41 Å². The topological polar surface area (TPSA) is 186 Å². The molecule has 1 unspecified atom stereocenters. The van der Waals surface area contributed by atoms with E-state index in [-0.39, 0.29) is 68.4 Å². The first-order chi connectivity index (χ1) is 27.7. The third-order valence-corrected chi connectivity index (χ3v) is 11.3. The lowest BCUT2D eigenvalue weighted by Crippen LogP contribution is -2.62. The van der Waals surface area contributed by atoms with Crippen molar-refractivity contribution >= 4 is 17.9 Å². The standard InChI is InChI=1S/C44H68O14/c1-7-9-10-11-12-16-38(47)57-42-30(22-39(48)51-6)21-36-26-37(28-45)53-29(3)20-31(46)23-32-14-13-15-33(54-32)24-34-25-35(27-40(49)52-19-8-2)56-41(55-34)17-18-43(4,5)44(42,50)58-36/h8,17-18,22,31-37,41-42,45-46,50H,2-3,7,9-16,19-21,23-28H2,1,4-6H3/b18-17+,30-22+/t31-,32-,33+,34+,35?,36-,37+,41+,42-,44+/m0/s1. The van der Waals surface area contributed by atoms with Gasteiger partial charge in [-0.1, -0.05) is 71.8 Å². The van der Waals surface area contributed by atoms with Crippen molar-refractivity contribution in [2.45, 2.75) is 184 Å². The number of carbonyl (C=O) groups is 3. The molecule has 4 aliphatic heterocycles. The lowest BCUT2D eigenvalue weighted by atomic mass is 9.74. The van der Waals surface area contributed by atoms with Gasteiger partial charge in [0.25, 0.3) is 0 Å². The Morgan fingerprint density at radius 1 is 0.931 bits per heavy atom. The molecule has 4 aliphatic rings. The largest absolute Gasteiger partial charge is 0.493 e. The van der Waals surface area contributed by atoms with Crippen molar-refractivity contribution < 1.29 is 67.6 Å². The summed E-state index contributed by atoms with van der Waals surface area (Å²) in [6.45, 7) is 12.8. The minimum absolute atomic E-state index is 0.0212. The zero-order valence-electron chi connectivity index (χ0n) is 35.0. The van der Waals surface area contributed by atoms with Crippen molar-refractivity contribution in [2.75, 3.05) is 20.3 Å². The smallest absolute Gasteiger partial charge is 0.330 e. The molecule has 0 aromatic heterocycles. The maximum atomic E-state index is 13.4.